The molecular formula is C17H25FN2O. The van der Waals surface area contributed by atoms with Gasteiger partial charge in [0.15, 0.2) is 0 Å². The molecule has 2 atom stereocenters. The van der Waals surface area contributed by atoms with Gasteiger partial charge in [-0.3, -0.25) is 4.79 Å². The fourth-order valence-corrected chi connectivity index (χ4v) is 2.87. The van der Waals surface area contributed by atoms with Crippen LogP contribution in [0.1, 0.15) is 45.2 Å². The molecule has 0 bridgehead atoms. The van der Waals surface area contributed by atoms with Gasteiger partial charge in [0, 0.05) is 5.41 Å². The van der Waals surface area contributed by atoms with Crippen LogP contribution in [0.2, 0.25) is 0 Å². The van der Waals surface area contributed by atoms with Crippen molar-refractivity contribution in [3.05, 3.63) is 35.6 Å². The minimum atomic E-state index is -0.401. The first kappa shape index (κ1) is 16.0. The molecule has 2 unspecified atom stereocenters. The van der Waals surface area contributed by atoms with Gasteiger partial charge in [-0.1, -0.05) is 26.0 Å². The average Bonchev–Trinajstić information content (AvgIpc) is 2.48. The maximum Gasteiger partial charge on any atom is 0.226 e. The Morgan fingerprint density at radius 2 is 2.05 bits per heavy atom. The van der Waals surface area contributed by atoms with Gasteiger partial charge in [-0.25, -0.2) is 4.39 Å². The number of amides is 1. The fraction of sp³-hybridized carbons (Fsp3) is 0.588. The molecule has 0 saturated carbocycles. The predicted octanol–water partition coefficient (Wildman–Crippen LogP) is 3.03. The molecule has 0 spiro atoms. The number of carbonyl (C=O) groups excluding carboxylic acids is 1. The zero-order valence-electron chi connectivity index (χ0n) is 13.1. The Bertz CT molecular complexity index is 478. The minimum Gasteiger partial charge on any atom is -0.349 e. The molecule has 1 aliphatic heterocycles. The number of carbonyl (C=O) groups is 1. The summed E-state index contributed by atoms with van der Waals surface area (Å²) in [5.74, 6) is 0.158. The number of rotatable bonds is 4. The minimum absolute atomic E-state index is 0.0630. The Labute approximate surface area is 126 Å². The van der Waals surface area contributed by atoms with E-state index in [9.17, 15) is 9.18 Å². The number of piperidine rings is 1. The monoisotopic (exact) mass is 292 g/mol. The summed E-state index contributed by atoms with van der Waals surface area (Å²) in [7, 11) is 0. The Morgan fingerprint density at radius 3 is 2.62 bits per heavy atom. The molecule has 2 rings (SSSR count). The van der Waals surface area contributed by atoms with Crippen molar-refractivity contribution < 1.29 is 9.18 Å². The van der Waals surface area contributed by atoms with Crippen molar-refractivity contribution in [1.82, 2.24) is 10.6 Å². The van der Waals surface area contributed by atoms with Crippen molar-refractivity contribution >= 4 is 5.91 Å². The topological polar surface area (TPSA) is 41.1 Å². The summed E-state index contributed by atoms with van der Waals surface area (Å²) >= 11 is 0. The van der Waals surface area contributed by atoms with Gasteiger partial charge in [-0.15, -0.1) is 0 Å². The molecule has 21 heavy (non-hydrogen) atoms. The molecule has 1 saturated heterocycles. The van der Waals surface area contributed by atoms with E-state index in [-0.39, 0.29) is 17.8 Å². The molecule has 2 N–H and O–H groups in total. The van der Waals surface area contributed by atoms with E-state index in [4.69, 9.17) is 0 Å². The van der Waals surface area contributed by atoms with E-state index >= 15 is 0 Å². The summed E-state index contributed by atoms with van der Waals surface area (Å²) in [6.07, 6.45) is 2.20. The van der Waals surface area contributed by atoms with Gasteiger partial charge in [0.05, 0.1) is 6.04 Å². The Morgan fingerprint density at radius 1 is 1.38 bits per heavy atom. The van der Waals surface area contributed by atoms with Crippen molar-refractivity contribution in [2.45, 2.75) is 39.7 Å². The zero-order chi connectivity index (χ0) is 15.5. The van der Waals surface area contributed by atoms with Crippen LogP contribution in [0.4, 0.5) is 4.39 Å². The summed E-state index contributed by atoms with van der Waals surface area (Å²) in [5, 5.41) is 6.43. The van der Waals surface area contributed by atoms with Gasteiger partial charge in [0.25, 0.3) is 0 Å². The lowest BCUT2D eigenvalue weighted by atomic mass is 9.74. The summed E-state index contributed by atoms with van der Waals surface area (Å²) in [6.45, 7) is 7.89. The van der Waals surface area contributed by atoms with Crippen LogP contribution in [0.5, 0.6) is 0 Å². The van der Waals surface area contributed by atoms with Crippen LogP contribution >= 0.6 is 0 Å². The number of benzene rings is 1. The van der Waals surface area contributed by atoms with Crippen molar-refractivity contribution in [1.29, 1.82) is 0 Å². The molecule has 1 aromatic rings. The second-order valence-electron chi connectivity index (χ2n) is 6.51. The lowest BCUT2D eigenvalue weighted by Gasteiger charge is -2.36. The zero-order valence-corrected chi connectivity index (χ0v) is 13.1. The SMILES string of the molecule is CC(NC(=O)C(C)(C)C1CCCNC1)c1ccc(F)cc1. The standard InChI is InChI=1S/C17H25FN2O/c1-12(13-6-8-15(18)9-7-13)20-16(21)17(2,3)14-5-4-10-19-11-14/h6-9,12,14,19H,4-5,10-11H2,1-3H3,(H,20,21). The van der Waals surface area contributed by atoms with Crippen molar-refractivity contribution in [3.63, 3.8) is 0 Å². The summed E-state index contributed by atoms with van der Waals surface area (Å²) in [4.78, 5) is 12.6. The maximum absolute atomic E-state index is 13.0. The van der Waals surface area contributed by atoms with E-state index in [2.05, 4.69) is 10.6 Å². The lowest BCUT2D eigenvalue weighted by Crippen LogP contribution is -2.47. The average molecular weight is 292 g/mol. The molecule has 116 valence electrons. The van der Waals surface area contributed by atoms with Crippen LogP contribution in [0.3, 0.4) is 0 Å². The predicted molar refractivity (Wildman–Crippen MR) is 82.3 cm³/mol. The summed E-state index contributed by atoms with van der Waals surface area (Å²) in [6, 6.07) is 6.17. The highest BCUT2D eigenvalue weighted by atomic mass is 19.1. The summed E-state index contributed by atoms with van der Waals surface area (Å²) < 4.78 is 13.0. The first-order valence-electron chi connectivity index (χ1n) is 7.68. The summed E-state index contributed by atoms with van der Waals surface area (Å²) in [5.41, 5.74) is 0.518. The molecule has 0 aliphatic carbocycles. The third kappa shape index (κ3) is 3.82. The van der Waals surface area contributed by atoms with E-state index in [1.54, 1.807) is 12.1 Å². The van der Waals surface area contributed by atoms with E-state index in [0.29, 0.717) is 5.92 Å². The highest BCUT2D eigenvalue weighted by Gasteiger charge is 2.37. The third-order valence-corrected chi connectivity index (χ3v) is 4.62. The third-order valence-electron chi connectivity index (χ3n) is 4.62. The first-order chi connectivity index (χ1) is 9.91. The van der Waals surface area contributed by atoms with E-state index in [0.717, 1.165) is 31.5 Å². The highest BCUT2D eigenvalue weighted by molar-refractivity contribution is 5.82. The molecule has 1 heterocycles. The smallest absolute Gasteiger partial charge is 0.226 e. The largest absolute Gasteiger partial charge is 0.349 e. The van der Waals surface area contributed by atoms with Crippen molar-refractivity contribution in [2.24, 2.45) is 11.3 Å². The molecule has 1 aromatic carbocycles. The Balaban J connectivity index is 2.00. The Kier molecular flexibility index (Phi) is 4.99. The van der Waals surface area contributed by atoms with Crippen molar-refractivity contribution in [3.8, 4) is 0 Å². The van der Waals surface area contributed by atoms with Crippen molar-refractivity contribution in [2.75, 3.05) is 13.1 Å². The molecular weight excluding hydrogens is 267 g/mol. The van der Waals surface area contributed by atoms with Crippen LogP contribution in [-0.2, 0) is 4.79 Å². The molecule has 0 aromatic heterocycles. The van der Waals surface area contributed by atoms with Gasteiger partial charge < -0.3 is 10.6 Å². The van der Waals surface area contributed by atoms with Crippen LogP contribution in [0, 0.1) is 17.2 Å². The highest BCUT2D eigenvalue weighted by Crippen LogP contribution is 2.32. The van der Waals surface area contributed by atoms with Gasteiger partial charge in [-0.05, 0) is 56.5 Å². The van der Waals surface area contributed by atoms with Crippen LogP contribution < -0.4 is 10.6 Å². The second kappa shape index (κ2) is 6.56. The molecule has 1 fully saturated rings. The van der Waals surface area contributed by atoms with E-state index < -0.39 is 5.41 Å². The molecule has 4 heteroatoms. The van der Waals surface area contributed by atoms with E-state index in [1.165, 1.54) is 12.1 Å². The van der Waals surface area contributed by atoms with Gasteiger partial charge >= 0.3 is 0 Å². The van der Waals surface area contributed by atoms with Gasteiger partial charge in [0.2, 0.25) is 5.91 Å². The number of hydrogen-bond acceptors (Lipinski definition) is 2. The molecule has 1 aliphatic rings. The second-order valence-corrected chi connectivity index (χ2v) is 6.51. The van der Waals surface area contributed by atoms with Crippen LogP contribution in [0.25, 0.3) is 0 Å². The molecule has 1 amide bonds. The van der Waals surface area contributed by atoms with E-state index in [1.807, 2.05) is 20.8 Å². The normalized spacial score (nSPS) is 20.9. The fourth-order valence-electron chi connectivity index (χ4n) is 2.87. The number of halogens is 1. The first-order valence-corrected chi connectivity index (χ1v) is 7.68. The van der Waals surface area contributed by atoms with Crippen LogP contribution in [-0.4, -0.2) is 19.0 Å². The Hall–Kier alpha value is -1.42. The van der Waals surface area contributed by atoms with Crippen LogP contribution in [0.15, 0.2) is 24.3 Å². The molecule has 3 nitrogen and oxygen atoms in total. The number of nitrogens with one attached hydrogen (secondary N) is 2. The van der Waals surface area contributed by atoms with Gasteiger partial charge in [0.1, 0.15) is 5.82 Å². The molecule has 0 radical (unpaired) electrons. The lowest BCUT2D eigenvalue weighted by molar-refractivity contribution is -0.133. The number of hydrogen-bond donors (Lipinski definition) is 2. The van der Waals surface area contributed by atoms with Gasteiger partial charge in [-0.2, -0.15) is 0 Å². The maximum atomic E-state index is 13.0. The quantitative estimate of drug-likeness (QED) is 0.895.